The molecular weight excluding hydrogens is 172 g/mol. The molecule has 3 N–H and O–H groups in total. The van der Waals surface area contributed by atoms with E-state index in [-0.39, 0.29) is 18.4 Å². The number of hydrogen-bond donors (Lipinski definition) is 3. The molecule has 4 atom stereocenters. The Balaban J connectivity index is 2.56. The Bertz CT molecular complexity index is 160. The van der Waals surface area contributed by atoms with E-state index in [9.17, 15) is 10.2 Å². The smallest absolute Gasteiger partial charge is 0.158 e. The summed E-state index contributed by atoms with van der Waals surface area (Å²) in [7, 11) is 0. The van der Waals surface area contributed by atoms with Crippen molar-refractivity contribution in [2.75, 3.05) is 6.61 Å². The molecule has 4 heteroatoms. The molecule has 0 radical (unpaired) electrons. The van der Waals surface area contributed by atoms with Gasteiger partial charge in [0.1, 0.15) is 6.10 Å². The highest BCUT2D eigenvalue weighted by Gasteiger charge is 2.37. The molecule has 1 aliphatic heterocycles. The van der Waals surface area contributed by atoms with E-state index >= 15 is 0 Å². The number of hydrogen-bond acceptors (Lipinski definition) is 4. The molecule has 4 nitrogen and oxygen atoms in total. The van der Waals surface area contributed by atoms with Crippen molar-refractivity contribution in [2.45, 2.75) is 38.8 Å². The van der Waals surface area contributed by atoms with Crippen LogP contribution in [-0.2, 0) is 4.74 Å². The van der Waals surface area contributed by atoms with Crippen LogP contribution in [0.15, 0.2) is 0 Å². The van der Waals surface area contributed by atoms with Crippen LogP contribution >= 0.6 is 0 Å². The second-order valence-corrected chi connectivity index (χ2v) is 3.96. The number of rotatable bonds is 2. The van der Waals surface area contributed by atoms with E-state index in [4.69, 9.17) is 9.84 Å². The highest BCUT2D eigenvalue weighted by Crippen LogP contribution is 2.29. The zero-order chi connectivity index (χ0) is 10.0. The molecule has 0 spiro atoms. The lowest BCUT2D eigenvalue weighted by molar-refractivity contribution is -0.241. The zero-order valence-electron chi connectivity index (χ0n) is 8.05. The summed E-state index contributed by atoms with van der Waals surface area (Å²) in [4.78, 5) is 0. The van der Waals surface area contributed by atoms with Gasteiger partial charge in [-0.2, -0.15) is 0 Å². The molecule has 0 bridgehead atoms. The van der Waals surface area contributed by atoms with Gasteiger partial charge in [-0.1, -0.05) is 13.8 Å². The molecule has 1 fully saturated rings. The topological polar surface area (TPSA) is 69.9 Å². The largest absolute Gasteiger partial charge is 0.394 e. The molecule has 13 heavy (non-hydrogen) atoms. The maximum Gasteiger partial charge on any atom is 0.158 e. The van der Waals surface area contributed by atoms with Gasteiger partial charge in [0, 0.05) is 5.92 Å². The van der Waals surface area contributed by atoms with Crippen LogP contribution in [0.2, 0.25) is 0 Å². The maximum absolute atomic E-state index is 9.51. The van der Waals surface area contributed by atoms with Gasteiger partial charge < -0.3 is 20.1 Å². The van der Waals surface area contributed by atoms with Crippen molar-refractivity contribution in [3.05, 3.63) is 0 Å². The Morgan fingerprint density at radius 2 is 2.00 bits per heavy atom. The number of ether oxygens (including phenoxy) is 1. The van der Waals surface area contributed by atoms with Gasteiger partial charge in [-0.05, 0) is 12.3 Å². The predicted molar refractivity (Wildman–Crippen MR) is 46.9 cm³/mol. The molecule has 1 rings (SSSR count). The van der Waals surface area contributed by atoms with Gasteiger partial charge in [-0.3, -0.25) is 0 Å². The molecule has 1 heterocycles. The van der Waals surface area contributed by atoms with E-state index in [0.717, 1.165) is 0 Å². The molecule has 1 saturated heterocycles. The third kappa shape index (κ3) is 2.40. The Morgan fingerprint density at radius 3 is 2.46 bits per heavy atom. The molecule has 0 aromatic carbocycles. The lowest BCUT2D eigenvalue weighted by Gasteiger charge is -2.38. The summed E-state index contributed by atoms with van der Waals surface area (Å²) in [5.41, 5.74) is 0. The molecular formula is C9H18O4. The lowest BCUT2D eigenvalue weighted by Crippen LogP contribution is -2.47. The highest BCUT2D eigenvalue weighted by molar-refractivity contribution is 4.81. The minimum atomic E-state index is -0.861. The summed E-state index contributed by atoms with van der Waals surface area (Å²) in [5.74, 6) is 0.224. The maximum atomic E-state index is 9.51. The first-order valence-corrected chi connectivity index (χ1v) is 4.68. The van der Waals surface area contributed by atoms with Crippen molar-refractivity contribution in [3.63, 3.8) is 0 Å². The van der Waals surface area contributed by atoms with Crippen LogP contribution in [0.3, 0.4) is 0 Å². The quantitative estimate of drug-likeness (QED) is 0.560. The summed E-state index contributed by atoms with van der Waals surface area (Å²) >= 11 is 0. The Labute approximate surface area is 78.1 Å². The molecule has 0 amide bonds. The van der Waals surface area contributed by atoms with Gasteiger partial charge in [0.2, 0.25) is 0 Å². The minimum Gasteiger partial charge on any atom is -0.394 e. The first-order chi connectivity index (χ1) is 6.06. The van der Waals surface area contributed by atoms with Crippen molar-refractivity contribution in [3.8, 4) is 0 Å². The Kier molecular flexibility index (Phi) is 3.67. The van der Waals surface area contributed by atoms with E-state index in [1.54, 1.807) is 0 Å². The van der Waals surface area contributed by atoms with Crippen molar-refractivity contribution >= 4 is 0 Å². The van der Waals surface area contributed by atoms with E-state index in [1.165, 1.54) is 0 Å². The van der Waals surface area contributed by atoms with Gasteiger partial charge in [-0.25, -0.2) is 0 Å². The molecule has 78 valence electrons. The fraction of sp³-hybridized carbons (Fsp3) is 1.00. The minimum absolute atomic E-state index is 0.0437. The molecule has 0 aromatic heterocycles. The van der Waals surface area contributed by atoms with E-state index in [0.29, 0.717) is 6.42 Å². The first-order valence-electron chi connectivity index (χ1n) is 4.68. The Hall–Kier alpha value is -0.160. The normalized spacial score (nSPS) is 41.1. The third-order valence-electron chi connectivity index (χ3n) is 2.66. The van der Waals surface area contributed by atoms with Crippen LogP contribution in [0.5, 0.6) is 0 Å². The van der Waals surface area contributed by atoms with Gasteiger partial charge in [-0.15, -0.1) is 0 Å². The standard InChI is InChI=1S/C9H18O4/c1-5(2)6-3-7(11)8(4-10)13-9(6)12/h5-12H,3-4H2,1-2H3. The van der Waals surface area contributed by atoms with Crippen LogP contribution in [0.25, 0.3) is 0 Å². The van der Waals surface area contributed by atoms with Crippen LogP contribution < -0.4 is 0 Å². The van der Waals surface area contributed by atoms with Crippen molar-refractivity contribution in [2.24, 2.45) is 11.8 Å². The Morgan fingerprint density at radius 1 is 1.38 bits per heavy atom. The lowest BCUT2D eigenvalue weighted by atomic mass is 9.86. The summed E-state index contributed by atoms with van der Waals surface area (Å²) in [6, 6.07) is 0. The molecule has 4 unspecified atom stereocenters. The SMILES string of the molecule is CC(C)C1CC(O)C(CO)OC1O. The van der Waals surface area contributed by atoms with E-state index in [2.05, 4.69) is 0 Å². The number of aliphatic hydroxyl groups excluding tert-OH is 3. The second-order valence-electron chi connectivity index (χ2n) is 3.96. The molecule has 0 aliphatic carbocycles. The summed E-state index contributed by atoms with van der Waals surface area (Å²) in [6.45, 7) is 3.70. The van der Waals surface area contributed by atoms with Gasteiger partial charge in [0.05, 0.1) is 12.7 Å². The van der Waals surface area contributed by atoms with Crippen LogP contribution in [0.4, 0.5) is 0 Å². The van der Waals surface area contributed by atoms with Crippen molar-refractivity contribution in [1.29, 1.82) is 0 Å². The third-order valence-corrected chi connectivity index (χ3v) is 2.66. The zero-order valence-corrected chi connectivity index (χ0v) is 8.05. The van der Waals surface area contributed by atoms with Crippen LogP contribution in [0, 0.1) is 11.8 Å². The first kappa shape index (κ1) is 10.9. The monoisotopic (exact) mass is 190 g/mol. The average Bonchev–Trinajstić information content (AvgIpc) is 2.07. The molecule has 1 aliphatic rings. The van der Waals surface area contributed by atoms with Gasteiger partial charge in [0.15, 0.2) is 6.29 Å². The molecule has 0 saturated carbocycles. The summed E-state index contributed by atoms with van der Waals surface area (Å²) in [6.07, 6.45) is -1.67. The fourth-order valence-electron chi connectivity index (χ4n) is 1.68. The van der Waals surface area contributed by atoms with Crippen molar-refractivity contribution < 1.29 is 20.1 Å². The van der Waals surface area contributed by atoms with Crippen LogP contribution in [-0.4, -0.2) is 40.4 Å². The summed E-state index contributed by atoms with van der Waals surface area (Å²) in [5, 5.41) is 27.8. The average molecular weight is 190 g/mol. The predicted octanol–water partition coefficient (Wildman–Crippen LogP) is -0.281. The van der Waals surface area contributed by atoms with Gasteiger partial charge >= 0.3 is 0 Å². The fourth-order valence-corrected chi connectivity index (χ4v) is 1.68. The van der Waals surface area contributed by atoms with E-state index in [1.807, 2.05) is 13.8 Å². The van der Waals surface area contributed by atoms with Crippen molar-refractivity contribution in [1.82, 2.24) is 0 Å². The van der Waals surface area contributed by atoms with E-state index < -0.39 is 18.5 Å². The van der Waals surface area contributed by atoms with Crippen LogP contribution in [0.1, 0.15) is 20.3 Å². The number of aliphatic hydroxyl groups is 3. The summed E-state index contributed by atoms with van der Waals surface area (Å²) < 4.78 is 5.08. The van der Waals surface area contributed by atoms with Gasteiger partial charge in [0.25, 0.3) is 0 Å². The highest BCUT2D eigenvalue weighted by atomic mass is 16.6. The second kappa shape index (κ2) is 4.37. The molecule has 0 aromatic rings.